The molecule has 1 aromatic carbocycles. The number of hydrogen-bond acceptors (Lipinski definition) is 4. The maximum atomic E-state index is 12.2. The highest BCUT2D eigenvalue weighted by Gasteiger charge is 2.30. The average Bonchev–Trinajstić information content (AvgIpc) is 2.41. The lowest BCUT2D eigenvalue weighted by Gasteiger charge is -2.28. The largest absolute Gasteiger partial charge is 0.423 e. The molecule has 2 rings (SSSR count). The maximum Gasteiger partial charge on any atom is 0.314 e. The van der Waals surface area contributed by atoms with Gasteiger partial charge in [0.2, 0.25) is 10.0 Å². The minimum absolute atomic E-state index is 0.0725. The zero-order valence-corrected chi connectivity index (χ0v) is 14.8. The molecule has 0 N–H and O–H groups in total. The third kappa shape index (κ3) is 4.26. The number of carbonyl (C=O) groups is 1. The Hall–Kier alpha value is -0.530. The fourth-order valence-corrected chi connectivity index (χ4v) is 4.00. The molecule has 1 heterocycles. The average molecular weight is 387 g/mol. The molecule has 0 aliphatic carbocycles. The Morgan fingerprint density at radius 1 is 1.18 bits per heavy atom. The molecule has 0 unspecified atom stereocenters. The standard InChI is InChI=1S/C13H14Cl3NO4S/c1-22(19,20)17-4-2-8(3-5-17)13(18)21-12-10(15)6-9(14)7-11(12)16/h6-8H,2-5H2,1H3. The predicted molar refractivity (Wildman–Crippen MR) is 86.2 cm³/mol. The summed E-state index contributed by atoms with van der Waals surface area (Å²) in [6, 6.07) is 2.87. The summed E-state index contributed by atoms with van der Waals surface area (Å²) in [6.45, 7) is 0.585. The van der Waals surface area contributed by atoms with Crippen molar-refractivity contribution in [3.05, 3.63) is 27.2 Å². The Morgan fingerprint density at radius 3 is 2.14 bits per heavy atom. The zero-order chi connectivity index (χ0) is 16.5. The van der Waals surface area contributed by atoms with Crippen molar-refractivity contribution in [3.8, 4) is 5.75 Å². The molecule has 0 atom stereocenters. The van der Waals surface area contributed by atoms with Gasteiger partial charge >= 0.3 is 5.97 Å². The molecule has 0 spiro atoms. The van der Waals surface area contributed by atoms with Crippen LogP contribution in [-0.2, 0) is 14.8 Å². The molecule has 22 heavy (non-hydrogen) atoms. The van der Waals surface area contributed by atoms with Gasteiger partial charge in [0.05, 0.1) is 22.2 Å². The second-order valence-corrected chi connectivity index (χ2v) is 8.29. The van der Waals surface area contributed by atoms with Crippen LogP contribution in [0.5, 0.6) is 5.75 Å². The highest BCUT2D eigenvalue weighted by atomic mass is 35.5. The van der Waals surface area contributed by atoms with Gasteiger partial charge in [-0.05, 0) is 25.0 Å². The van der Waals surface area contributed by atoms with E-state index in [0.29, 0.717) is 31.0 Å². The summed E-state index contributed by atoms with van der Waals surface area (Å²) in [6.07, 6.45) is 1.95. The third-order valence-corrected chi connectivity index (χ3v) is 5.50. The van der Waals surface area contributed by atoms with Gasteiger partial charge in [0.15, 0.2) is 5.75 Å². The van der Waals surface area contributed by atoms with E-state index in [2.05, 4.69) is 0 Å². The first-order chi connectivity index (χ1) is 10.2. The van der Waals surface area contributed by atoms with Gasteiger partial charge in [0.25, 0.3) is 0 Å². The van der Waals surface area contributed by atoms with Gasteiger partial charge in [0.1, 0.15) is 0 Å². The van der Waals surface area contributed by atoms with E-state index in [9.17, 15) is 13.2 Å². The molecule has 1 aliphatic rings. The summed E-state index contributed by atoms with van der Waals surface area (Å²) in [7, 11) is -3.23. The van der Waals surface area contributed by atoms with Crippen LogP contribution in [0.3, 0.4) is 0 Å². The SMILES string of the molecule is CS(=O)(=O)N1CCC(C(=O)Oc2c(Cl)cc(Cl)cc2Cl)CC1. The molecular formula is C13H14Cl3NO4S. The van der Waals surface area contributed by atoms with E-state index in [4.69, 9.17) is 39.5 Å². The van der Waals surface area contributed by atoms with E-state index < -0.39 is 16.0 Å². The fourth-order valence-electron chi connectivity index (χ4n) is 2.23. The highest BCUT2D eigenvalue weighted by Crippen LogP contribution is 2.36. The van der Waals surface area contributed by atoms with Gasteiger partial charge < -0.3 is 4.74 Å². The highest BCUT2D eigenvalue weighted by molar-refractivity contribution is 7.88. The molecule has 9 heteroatoms. The number of benzene rings is 1. The lowest BCUT2D eigenvalue weighted by molar-refractivity contribution is -0.140. The van der Waals surface area contributed by atoms with Gasteiger partial charge in [-0.3, -0.25) is 4.79 Å². The van der Waals surface area contributed by atoms with Gasteiger partial charge in [-0.15, -0.1) is 0 Å². The number of rotatable bonds is 3. The van der Waals surface area contributed by atoms with Crippen molar-refractivity contribution in [2.45, 2.75) is 12.8 Å². The topological polar surface area (TPSA) is 63.7 Å². The summed E-state index contributed by atoms with van der Waals surface area (Å²) in [4.78, 5) is 12.2. The molecule has 0 amide bonds. The number of sulfonamides is 1. The van der Waals surface area contributed by atoms with Crippen molar-refractivity contribution in [2.75, 3.05) is 19.3 Å². The molecule has 0 saturated carbocycles. The zero-order valence-electron chi connectivity index (χ0n) is 11.7. The van der Waals surface area contributed by atoms with Crippen LogP contribution in [0.1, 0.15) is 12.8 Å². The Bertz CT molecular complexity index is 662. The first kappa shape index (κ1) is 17.8. The van der Waals surface area contributed by atoms with Gasteiger partial charge in [-0.1, -0.05) is 34.8 Å². The van der Waals surface area contributed by atoms with Crippen LogP contribution in [0.4, 0.5) is 0 Å². The molecule has 1 fully saturated rings. The van der Waals surface area contributed by atoms with Crippen LogP contribution in [0.2, 0.25) is 15.1 Å². The van der Waals surface area contributed by atoms with E-state index in [1.807, 2.05) is 0 Å². The first-order valence-electron chi connectivity index (χ1n) is 6.50. The van der Waals surface area contributed by atoms with E-state index in [-0.39, 0.29) is 21.7 Å². The molecule has 1 saturated heterocycles. The second-order valence-electron chi connectivity index (χ2n) is 5.06. The Balaban J connectivity index is 2.03. The van der Waals surface area contributed by atoms with E-state index in [1.54, 1.807) is 0 Å². The molecule has 1 aliphatic heterocycles. The quantitative estimate of drug-likeness (QED) is 0.591. The minimum atomic E-state index is -3.23. The van der Waals surface area contributed by atoms with Crippen molar-refractivity contribution >= 4 is 50.8 Å². The summed E-state index contributed by atoms with van der Waals surface area (Å²) < 4.78 is 29.5. The minimum Gasteiger partial charge on any atom is -0.423 e. The molecule has 122 valence electrons. The van der Waals surface area contributed by atoms with Crippen molar-refractivity contribution in [2.24, 2.45) is 5.92 Å². The Labute approximate surface area is 144 Å². The number of piperidine rings is 1. The predicted octanol–water partition coefficient (Wildman–Crippen LogP) is 3.22. The molecular weight excluding hydrogens is 373 g/mol. The van der Waals surface area contributed by atoms with Crippen molar-refractivity contribution in [3.63, 3.8) is 0 Å². The maximum absolute atomic E-state index is 12.2. The normalized spacial score (nSPS) is 17.5. The number of nitrogens with zero attached hydrogens (tertiary/aromatic N) is 1. The van der Waals surface area contributed by atoms with Crippen LogP contribution in [0.15, 0.2) is 12.1 Å². The summed E-state index contributed by atoms with van der Waals surface area (Å²) in [5.41, 5.74) is 0. The van der Waals surface area contributed by atoms with Crippen molar-refractivity contribution in [1.82, 2.24) is 4.31 Å². The lowest BCUT2D eigenvalue weighted by Crippen LogP contribution is -2.40. The van der Waals surface area contributed by atoms with Gasteiger partial charge in [-0.2, -0.15) is 0 Å². The third-order valence-electron chi connectivity index (χ3n) is 3.42. The number of halogens is 3. The van der Waals surface area contributed by atoms with E-state index in [1.165, 1.54) is 16.4 Å². The summed E-state index contributed by atoms with van der Waals surface area (Å²) >= 11 is 17.7. The van der Waals surface area contributed by atoms with Crippen LogP contribution < -0.4 is 4.74 Å². The van der Waals surface area contributed by atoms with Gasteiger partial charge in [0, 0.05) is 18.1 Å². The Kier molecular flexibility index (Phi) is 5.61. The van der Waals surface area contributed by atoms with E-state index >= 15 is 0 Å². The van der Waals surface area contributed by atoms with Gasteiger partial charge in [-0.25, -0.2) is 12.7 Å². The Morgan fingerprint density at radius 2 is 1.68 bits per heavy atom. The lowest BCUT2D eigenvalue weighted by atomic mass is 9.98. The summed E-state index contributed by atoms with van der Waals surface area (Å²) in [5, 5.41) is 0.648. The van der Waals surface area contributed by atoms with Crippen LogP contribution in [0.25, 0.3) is 0 Å². The molecule has 1 aromatic rings. The first-order valence-corrected chi connectivity index (χ1v) is 9.48. The number of hydrogen-bond donors (Lipinski definition) is 0. The number of carbonyl (C=O) groups excluding carboxylic acids is 1. The molecule has 5 nitrogen and oxygen atoms in total. The monoisotopic (exact) mass is 385 g/mol. The molecule has 0 radical (unpaired) electrons. The van der Waals surface area contributed by atoms with Crippen molar-refractivity contribution in [1.29, 1.82) is 0 Å². The molecule has 0 bridgehead atoms. The van der Waals surface area contributed by atoms with Crippen LogP contribution in [0, 0.1) is 5.92 Å². The number of esters is 1. The molecule has 0 aromatic heterocycles. The second kappa shape index (κ2) is 6.93. The van der Waals surface area contributed by atoms with Crippen LogP contribution in [-0.4, -0.2) is 38.0 Å². The summed E-state index contributed by atoms with van der Waals surface area (Å²) in [5.74, 6) is -0.789. The van der Waals surface area contributed by atoms with Crippen molar-refractivity contribution < 1.29 is 17.9 Å². The van der Waals surface area contributed by atoms with E-state index in [0.717, 1.165) is 6.26 Å². The smallest absolute Gasteiger partial charge is 0.314 e. The number of ether oxygens (including phenoxy) is 1. The van der Waals surface area contributed by atoms with Crippen LogP contribution >= 0.6 is 34.8 Å². The fraction of sp³-hybridized carbons (Fsp3) is 0.462.